The number of hydrogen-bond acceptors (Lipinski definition) is 6. The van der Waals surface area contributed by atoms with Gasteiger partial charge in [0.1, 0.15) is 17.5 Å². The molecule has 0 aromatic carbocycles. The number of nitrogens with two attached hydrogens (primary N) is 2. The fourth-order valence-electron chi connectivity index (χ4n) is 2.02. The summed E-state index contributed by atoms with van der Waals surface area (Å²) < 4.78 is 0. The first kappa shape index (κ1) is 13.5. The molecule has 5 N–H and O–H groups in total. The molecule has 1 amide bonds. The van der Waals surface area contributed by atoms with Crippen molar-refractivity contribution in [3.05, 3.63) is 11.4 Å². The molecule has 0 unspecified atom stereocenters. The number of amides is 1. The van der Waals surface area contributed by atoms with E-state index in [1.54, 1.807) is 0 Å². The molecule has 1 aromatic rings. The molecular formula is C12H20N6O. The van der Waals surface area contributed by atoms with Crippen LogP contribution < -0.4 is 21.9 Å². The summed E-state index contributed by atoms with van der Waals surface area (Å²) in [4.78, 5) is 22.0. The highest BCUT2D eigenvalue weighted by molar-refractivity contribution is 5.79. The number of carbonyl (C=O) groups is 1. The second-order valence-corrected chi connectivity index (χ2v) is 4.78. The maximum Gasteiger partial charge on any atom is 0.236 e. The third-order valence-electron chi connectivity index (χ3n) is 3.24. The minimum atomic E-state index is -0.380. The number of primary amides is 1. The van der Waals surface area contributed by atoms with Gasteiger partial charge in [0.2, 0.25) is 5.91 Å². The molecule has 1 aliphatic rings. The first-order valence-electron chi connectivity index (χ1n) is 6.45. The molecule has 0 radical (unpaired) electrons. The van der Waals surface area contributed by atoms with Gasteiger partial charge in [-0.3, -0.25) is 4.79 Å². The zero-order valence-corrected chi connectivity index (χ0v) is 11.3. The highest BCUT2D eigenvalue weighted by Crippen LogP contribution is 2.39. The minimum Gasteiger partial charge on any atom is -0.368 e. The highest BCUT2D eigenvalue weighted by atomic mass is 16.1. The van der Waals surface area contributed by atoms with E-state index in [2.05, 4.69) is 15.4 Å². The topological polar surface area (TPSA) is 110 Å². The van der Waals surface area contributed by atoms with Gasteiger partial charge in [0, 0.05) is 18.0 Å². The van der Waals surface area contributed by atoms with Crippen LogP contribution in [0.5, 0.6) is 0 Å². The van der Waals surface area contributed by atoms with Gasteiger partial charge < -0.3 is 16.1 Å². The van der Waals surface area contributed by atoms with Crippen LogP contribution in [0.25, 0.3) is 0 Å². The SMILES string of the molecule is CCN(CC(N)=O)c1nc(C2CC2)nc(NN)c1C. The quantitative estimate of drug-likeness (QED) is 0.502. The number of hydrogen-bond donors (Lipinski definition) is 3. The summed E-state index contributed by atoms with van der Waals surface area (Å²) >= 11 is 0. The molecule has 1 heterocycles. The van der Waals surface area contributed by atoms with E-state index in [1.165, 1.54) is 0 Å². The van der Waals surface area contributed by atoms with Crippen LogP contribution in [-0.4, -0.2) is 29.0 Å². The Labute approximate surface area is 112 Å². The molecule has 0 spiro atoms. The molecule has 0 aliphatic heterocycles. The van der Waals surface area contributed by atoms with Crippen molar-refractivity contribution >= 4 is 17.5 Å². The fourth-order valence-corrected chi connectivity index (χ4v) is 2.02. The van der Waals surface area contributed by atoms with E-state index < -0.39 is 0 Å². The number of likely N-dealkylation sites (N-methyl/N-ethyl adjacent to an activating group) is 1. The van der Waals surface area contributed by atoms with Gasteiger partial charge in [-0.2, -0.15) is 0 Å². The number of aromatic nitrogens is 2. The Kier molecular flexibility index (Phi) is 3.84. The van der Waals surface area contributed by atoms with Gasteiger partial charge in [-0.25, -0.2) is 15.8 Å². The summed E-state index contributed by atoms with van der Waals surface area (Å²) in [5.74, 6) is 7.66. The second-order valence-electron chi connectivity index (χ2n) is 4.78. The number of anilines is 2. The molecule has 0 saturated heterocycles. The third kappa shape index (κ3) is 2.93. The van der Waals surface area contributed by atoms with Gasteiger partial charge in [0.25, 0.3) is 0 Å². The summed E-state index contributed by atoms with van der Waals surface area (Å²) in [6, 6.07) is 0. The molecule has 7 heteroatoms. The average Bonchev–Trinajstić information content (AvgIpc) is 3.20. The van der Waals surface area contributed by atoms with Crippen LogP contribution in [0.2, 0.25) is 0 Å². The molecule has 1 aliphatic carbocycles. The third-order valence-corrected chi connectivity index (χ3v) is 3.24. The van der Waals surface area contributed by atoms with E-state index >= 15 is 0 Å². The Hall–Kier alpha value is -1.89. The van der Waals surface area contributed by atoms with E-state index in [0.717, 1.165) is 30.0 Å². The Morgan fingerprint density at radius 2 is 2.16 bits per heavy atom. The molecule has 19 heavy (non-hydrogen) atoms. The van der Waals surface area contributed by atoms with E-state index in [4.69, 9.17) is 11.6 Å². The molecule has 0 atom stereocenters. The Morgan fingerprint density at radius 3 is 2.63 bits per heavy atom. The first-order chi connectivity index (χ1) is 9.06. The van der Waals surface area contributed by atoms with Crippen molar-refractivity contribution in [3.8, 4) is 0 Å². The van der Waals surface area contributed by atoms with Crippen molar-refractivity contribution in [1.82, 2.24) is 9.97 Å². The minimum absolute atomic E-state index is 0.141. The second kappa shape index (κ2) is 5.40. The number of carbonyl (C=O) groups excluding carboxylic acids is 1. The van der Waals surface area contributed by atoms with Crippen molar-refractivity contribution in [2.75, 3.05) is 23.4 Å². The van der Waals surface area contributed by atoms with Crippen molar-refractivity contribution in [3.63, 3.8) is 0 Å². The van der Waals surface area contributed by atoms with Crippen LogP contribution in [0.15, 0.2) is 0 Å². The molecule has 2 rings (SSSR count). The van der Waals surface area contributed by atoms with Crippen LogP contribution in [0, 0.1) is 6.92 Å². The molecular weight excluding hydrogens is 244 g/mol. The lowest BCUT2D eigenvalue weighted by Crippen LogP contribution is -2.35. The Bertz CT molecular complexity index is 485. The van der Waals surface area contributed by atoms with Gasteiger partial charge in [-0.1, -0.05) is 0 Å². The average molecular weight is 264 g/mol. The first-order valence-corrected chi connectivity index (χ1v) is 6.45. The van der Waals surface area contributed by atoms with Gasteiger partial charge >= 0.3 is 0 Å². The lowest BCUT2D eigenvalue weighted by molar-refractivity contribution is -0.116. The smallest absolute Gasteiger partial charge is 0.236 e. The van der Waals surface area contributed by atoms with Gasteiger partial charge in [-0.05, 0) is 26.7 Å². The molecule has 104 valence electrons. The van der Waals surface area contributed by atoms with Crippen LogP contribution in [0.1, 0.15) is 37.1 Å². The Balaban J connectivity index is 2.40. The summed E-state index contributed by atoms with van der Waals surface area (Å²) in [5.41, 5.74) is 8.70. The number of hydrazine groups is 1. The zero-order chi connectivity index (χ0) is 14.0. The highest BCUT2D eigenvalue weighted by Gasteiger charge is 2.29. The van der Waals surface area contributed by atoms with E-state index in [0.29, 0.717) is 18.3 Å². The van der Waals surface area contributed by atoms with Crippen molar-refractivity contribution in [2.24, 2.45) is 11.6 Å². The largest absolute Gasteiger partial charge is 0.368 e. The molecule has 1 fully saturated rings. The summed E-state index contributed by atoms with van der Waals surface area (Å²) in [6.07, 6.45) is 2.21. The summed E-state index contributed by atoms with van der Waals surface area (Å²) in [7, 11) is 0. The predicted octanol–water partition coefficient (Wildman–Crippen LogP) is 0.260. The molecule has 1 saturated carbocycles. The monoisotopic (exact) mass is 264 g/mol. The van der Waals surface area contributed by atoms with Crippen LogP contribution in [0.3, 0.4) is 0 Å². The zero-order valence-electron chi connectivity index (χ0n) is 11.3. The maximum atomic E-state index is 11.1. The number of nitrogen functional groups attached to an aromatic ring is 1. The molecule has 0 bridgehead atoms. The Morgan fingerprint density at radius 1 is 1.47 bits per heavy atom. The summed E-state index contributed by atoms with van der Waals surface area (Å²) in [5, 5.41) is 0. The lowest BCUT2D eigenvalue weighted by Gasteiger charge is -2.23. The van der Waals surface area contributed by atoms with Crippen LogP contribution in [-0.2, 0) is 4.79 Å². The normalized spacial score (nSPS) is 14.3. The standard InChI is InChI=1S/C12H20N6O/c1-3-18(6-9(13)19)12-7(2)10(17-14)15-11(16-12)8-4-5-8/h8H,3-6,14H2,1-2H3,(H2,13,19)(H,15,16,17). The van der Waals surface area contributed by atoms with E-state index in [9.17, 15) is 4.79 Å². The van der Waals surface area contributed by atoms with Gasteiger partial charge in [-0.15, -0.1) is 0 Å². The fraction of sp³-hybridized carbons (Fsp3) is 0.583. The van der Waals surface area contributed by atoms with E-state index in [1.807, 2.05) is 18.7 Å². The molecule has 7 nitrogen and oxygen atoms in total. The van der Waals surface area contributed by atoms with Gasteiger partial charge in [0.05, 0.1) is 6.54 Å². The van der Waals surface area contributed by atoms with Crippen LogP contribution in [0.4, 0.5) is 11.6 Å². The lowest BCUT2D eigenvalue weighted by atomic mass is 10.2. The van der Waals surface area contributed by atoms with E-state index in [-0.39, 0.29) is 12.5 Å². The van der Waals surface area contributed by atoms with Crippen LogP contribution >= 0.6 is 0 Å². The maximum absolute atomic E-state index is 11.1. The molecule has 1 aromatic heterocycles. The number of nitrogens with one attached hydrogen (secondary N) is 1. The van der Waals surface area contributed by atoms with Crippen molar-refractivity contribution in [2.45, 2.75) is 32.6 Å². The number of rotatable bonds is 6. The van der Waals surface area contributed by atoms with Gasteiger partial charge in [0.15, 0.2) is 0 Å². The van der Waals surface area contributed by atoms with Crippen molar-refractivity contribution in [1.29, 1.82) is 0 Å². The predicted molar refractivity (Wildman–Crippen MR) is 73.6 cm³/mol. The van der Waals surface area contributed by atoms with Crippen molar-refractivity contribution < 1.29 is 4.79 Å². The summed E-state index contributed by atoms with van der Waals surface area (Å²) in [6.45, 7) is 4.62. The number of nitrogens with zero attached hydrogens (tertiary/aromatic N) is 3.